The fraction of sp³-hybridized carbons (Fsp3) is 0.476. The lowest BCUT2D eigenvalue weighted by molar-refractivity contribution is 0.216. The highest BCUT2D eigenvalue weighted by atomic mass is 15.2. The molecule has 6 heteroatoms. The Morgan fingerprint density at radius 2 is 1.96 bits per heavy atom. The van der Waals surface area contributed by atoms with Crippen molar-refractivity contribution >= 4 is 16.7 Å². The summed E-state index contributed by atoms with van der Waals surface area (Å²) in [6.45, 7) is 5.24. The van der Waals surface area contributed by atoms with Crippen molar-refractivity contribution in [1.29, 1.82) is 0 Å². The van der Waals surface area contributed by atoms with Gasteiger partial charge in [-0.3, -0.25) is 0 Å². The molecule has 0 bridgehead atoms. The summed E-state index contributed by atoms with van der Waals surface area (Å²) >= 11 is 0. The molecule has 140 valence electrons. The number of nitrogens with zero attached hydrogens (tertiary/aromatic N) is 4. The van der Waals surface area contributed by atoms with Crippen molar-refractivity contribution in [2.24, 2.45) is 0 Å². The molecular formula is C21H26N6. The van der Waals surface area contributed by atoms with Gasteiger partial charge in [0.25, 0.3) is 0 Å². The van der Waals surface area contributed by atoms with Crippen LogP contribution in [0, 0.1) is 6.92 Å². The molecule has 2 N–H and O–H groups in total. The van der Waals surface area contributed by atoms with Crippen molar-refractivity contribution in [2.75, 3.05) is 24.5 Å². The van der Waals surface area contributed by atoms with Gasteiger partial charge in [0, 0.05) is 42.8 Å². The van der Waals surface area contributed by atoms with Crippen molar-refractivity contribution < 1.29 is 0 Å². The maximum Gasteiger partial charge on any atom is 0.140 e. The second-order valence-corrected chi connectivity index (χ2v) is 7.93. The number of anilines is 1. The molecule has 5 heterocycles. The Balaban J connectivity index is 1.58. The van der Waals surface area contributed by atoms with Crippen molar-refractivity contribution in [3.63, 3.8) is 0 Å². The molecule has 1 spiro atoms. The third kappa shape index (κ3) is 2.98. The molecule has 5 rings (SSSR count). The summed E-state index contributed by atoms with van der Waals surface area (Å²) in [6, 6.07) is 4.14. The minimum absolute atomic E-state index is 0.272. The van der Waals surface area contributed by atoms with Crippen LogP contribution in [0.5, 0.6) is 0 Å². The highest BCUT2D eigenvalue weighted by molar-refractivity contribution is 6.01. The first kappa shape index (κ1) is 16.7. The monoisotopic (exact) mass is 362 g/mol. The summed E-state index contributed by atoms with van der Waals surface area (Å²) in [5.74, 6) is 0.788. The summed E-state index contributed by atoms with van der Waals surface area (Å²) < 4.78 is 0. The second kappa shape index (κ2) is 6.60. The van der Waals surface area contributed by atoms with E-state index in [-0.39, 0.29) is 5.54 Å². The summed E-state index contributed by atoms with van der Waals surface area (Å²) in [6.07, 6.45) is 12.2. The third-order valence-corrected chi connectivity index (χ3v) is 6.10. The summed E-state index contributed by atoms with van der Waals surface area (Å²) in [4.78, 5) is 19.4. The molecule has 0 radical (unpaired) electrons. The molecule has 2 aliphatic heterocycles. The van der Waals surface area contributed by atoms with Crippen LogP contribution >= 0.6 is 0 Å². The molecule has 2 fully saturated rings. The normalized spacial score (nSPS) is 23.2. The Hall–Kier alpha value is -2.47. The van der Waals surface area contributed by atoms with Gasteiger partial charge in [-0.05, 0) is 51.3 Å². The zero-order valence-electron chi connectivity index (χ0n) is 15.8. The predicted molar refractivity (Wildman–Crippen MR) is 108 cm³/mol. The Morgan fingerprint density at radius 3 is 2.81 bits per heavy atom. The van der Waals surface area contributed by atoms with Crippen LogP contribution < -0.4 is 10.2 Å². The van der Waals surface area contributed by atoms with E-state index in [4.69, 9.17) is 0 Å². The first-order valence-corrected chi connectivity index (χ1v) is 10.0. The standard InChI is InChI=1S/C21H26N6/c1-15-22-10-5-17(26-15)16-13-24-20-19(16)18(6-11-23-20)27-12-4-8-21(14-27)7-2-3-9-25-21/h5-6,10-11,13,25H,2-4,7-9,12,14H2,1H3,(H,23,24). The van der Waals surface area contributed by atoms with Crippen LogP contribution in [0.4, 0.5) is 5.69 Å². The van der Waals surface area contributed by atoms with Gasteiger partial charge in [-0.1, -0.05) is 6.42 Å². The van der Waals surface area contributed by atoms with Crippen LogP contribution in [0.3, 0.4) is 0 Å². The molecule has 6 nitrogen and oxygen atoms in total. The Bertz CT molecular complexity index is 951. The molecule has 2 aliphatic rings. The number of fused-ring (bicyclic) bond motifs is 1. The smallest absolute Gasteiger partial charge is 0.140 e. The number of hydrogen-bond donors (Lipinski definition) is 2. The fourth-order valence-corrected chi connectivity index (χ4v) is 4.83. The average molecular weight is 362 g/mol. The van der Waals surface area contributed by atoms with E-state index < -0.39 is 0 Å². The van der Waals surface area contributed by atoms with E-state index in [0.717, 1.165) is 42.4 Å². The molecule has 0 amide bonds. The number of hydrogen-bond acceptors (Lipinski definition) is 5. The van der Waals surface area contributed by atoms with Crippen LogP contribution in [0.1, 0.15) is 37.9 Å². The van der Waals surface area contributed by atoms with Gasteiger partial charge in [-0.25, -0.2) is 15.0 Å². The summed E-state index contributed by atoms with van der Waals surface area (Å²) in [5.41, 5.74) is 4.52. The minimum atomic E-state index is 0.272. The topological polar surface area (TPSA) is 69.7 Å². The molecule has 1 atom stereocenters. The highest BCUT2D eigenvalue weighted by Gasteiger charge is 2.36. The van der Waals surface area contributed by atoms with Crippen LogP contribution in [0.25, 0.3) is 22.3 Å². The van der Waals surface area contributed by atoms with Gasteiger partial charge in [-0.15, -0.1) is 0 Å². The molecular weight excluding hydrogens is 336 g/mol. The Labute approximate surface area is 159 Å². The van der Waals surface area contributed by atoms with Crippen molar-refractivity contribution in [3.05, 3.63) is 36.5 Å². The number of rotatable bonds is 2. The number of piperidine rings is 2. The highest BCUT2D eigenvalue weighted by Crippen LogP contribution is 2.38. The van der Waals surface area contributed by atoms with E-state index >= 15 is 0 Å². The van der Waals surface area contributed by atoms with Gasteiger partial charge in [0.1, 0.15) is 11.5 Å². The van der Waals surface area contributed by atoms with Gasteiger partial charge in [0.05, 0.1) is 16.8 Å². The van der Waals surface area contributed by atoms with Gasteiger partial charge in [-0.2, -0.15) is 0 Å². The molecule has 0 aliphatic carbocycles. The van der Waals surface area contributed by atoms with E-state index in [1.807, 2.05) is 31.6 Å². The maximum atomic E-state index is 4.65. The SMILES string of the molecule is Cc1nccc(-c2c[nH]c3nccc(N4CCCC5(CCCCN5)C4)c23)n1. The number of nitrogens with one attached hydrogen (secondary N) is 2. The molecule has 3 aromatic rings. The van der Waals surface area contributed by atoms with Gasteiger partial charge in [0.15, 0.2) is 0 Å². The van der Waals surface area contributed by atoms with Gasteiger partial charge < -0.3 is 15.2 Å². The lowest BCUT2D eigenvalue weighted by Crippen LogP contribution is -2.59. The molecule has 1 unspecified atom stereocenters. The van der Waals surface area contributed by atoms with Crippen LogP contribution in [-0.4, -0.2) is 45.1 Å². The fourth-order valence-electron chi connectivity index (χ4n) is 4.83. The predicted octanol–water partition coefficient (Wildman–Crippen LogP) is 3.44. The van der Waals surface area contributed by atoms with Crippen molar-refractivity contribution in [3.8, 4) is 11.3 Å². The van der Waals surface area contributed by atoms with Crippen LogP contribution in [-0.2, 0) is 0 Å². The summed E-state index contributed by atoms with van der Waals surface area (Å²) in [7, 11) is 0. The van der Waals surface area contributed by atoms with Crippen LogP contribution in [0.2, 0.25) is 0 Å². The quantitative estimate of drug-likeness (QED) is 0.731. The van der Waals surface area contributed by atoms with Crippen LogP contribution in [0.15, 0.2) is 30.7 Å². The van der Waals surface area contributed by atoms with E-state index in [1.165, 1.54) is 43.2 Å². The number of aryl methyl sites for hydroxylation is 1. The zero-order chi connectivity index (χ0) is 18.3. The lowest BCUT2D eigenvalue weighted by atomic mass is 9.81. The minimum Gasteiger partial charge on any atom is -0.369 e. The number of aromatic amines is 1. The lowest BCUT2D eigenvalue weighted by Gasteiger charge is -2.47. The Kier molecular flexibility index (Phi) is 4.08. The molecule has 3 aromatic heterocycles. The average Bonchev–Trinajstić information content (AvgIpc) is 3.13. The maximum absolute atomic E-state index is 4.65. The third-order valence-electron chi connectivity index (χ3n) is 6.10. The van der Waals surface area contributed by atoms with Crippen molar-refractivity contribution in [1.82, 2.24) is 25.3 Å². The van der Waals surface area contributed by atoms with E-state index in [9.17, 15) is 0 Å². The van der Waals surface area contributed by atoms with E-state index in [2.05, 4.69) is 36.2 Å². The van der Waals surface area contributed by atoms with E-state index in [1.54, 1.807) is 0 Å². The number of pyridine rings is 1. The number of aromatic nitrogens is 4. The molecule has 0 aromatic carbocycles. The largest absolute Gasteiger partial charge is 0.369 e. The van der Waals surface area contributed by atoms with Crippen molar-refractivity contribution in [2.45, 2.75) is 44.6 Å². The molecule has 0 saturated carbocycles. The van der Waals surface area contributed by atoms with Gasteiger partial charge >= 0.3 is 0 Å². The molecule has 2 saturated heterocycles. The number of H-pyrrole nitrogens is 1. The first-order chi connectivity index (χ1) is 13.2. The first-order valence-electron chi connectivity index (χ1n) is 10.0. The van der Waals surface area contributed by atoms with E-state index in [0.29, 0.717) is 0 Å². The second-order valence-electron chi connectivity index (χ2n) is 7.93. The molecule has 27 heavy (non-hydrogen) atoms. The summed E-state index contributed by atoms with van der Waals surface area (Å²) in [5, 5.41) is 5.01. The Morgan fingerprint density at radius 1 is 1.07 bits per heavy atom. The van der Waals surface area contributed by atoms with Gasteiger partial charge in [0.2, 0.25) is 0 Å². The zero-order valence-corrected chi connectivity index (χ0v) is 15.8.